The predicted molar refractivity (Wildman–Crippen MR) is 40.8 cm³/mol. The number of carboxylic acids is 1. The summed E-state index contributed by atoms with van der Waals surface area (Å²) in [5.41, 5.74) is -2.00. The zero-order valence-corrected chi connectivity index (χ0v) is 7.50. The summed E-state index contributed by atoms with van der Waals surface area (Å²) in [5.74, 6) is -3.99. The third-order valence-corrected chi connectivity index (χ3v) is 2.34. The van der Waals surface area contributed by atoms with Crippen LogP contribution in [0.5, 0.6) is 0 Å². The Balaban J connectivity index is 2.78. The first-order valence-corrected chi connectivity index (χ1v) is 4.15. The molecule has 1 aliphatic rings. The lowest BCUT2D eigenvalue weighted by molar-refractivity contribution is -0.162. The van der Waals surface area contributed by atoms with Crippen LogP contribution in [0.1, 0.15) is 13.3 Å². The highest BCUT2D eigenvalue weighted by Crippen LogP contribution is 2.56. The Labute approximate surface area is 78.8 Å². The highest BCUT2D eigenvalue weighted by molar-refractivity contribution is 6.03. The molecule has 0 bridgehead atoms. The van der Waals surface area contributed by atoms with Crippen molar-refractivity contribution in [3.8, 4) is 0 Å². The number of hydrogen-bond acceptors (Lipinski definition) is 3. The van der Waals surface area contributed by atoms with Crippen LogP contribution in [0.4, 0.5) is 8.78 Å². The summed E-state index contributed by atoms with van der Waals surface area (Å²) in [6.07, 6.45) is -3.13. The first-order valence-electron chi connectivity index (χ1n) is 4.15. The van der Waals surface area contributed by atoms with Crippen LogP contribution in [0.25, 0.3) is 0 Å². The maximum atomic E-state index is 12.2. The van der Waals surface area contributed by atoms with Gasteiger partial charge in [-0.15, -0.1) is 0 Å². The lowest BCUT2D eigenvalue weighted by Crippen LogP contribution is -2.31. The molecule has 0 amide bonds. The number of carboxylic acid groups (broad SMARTS) is 1. The van der Waals surface area contributed by atoms with E-state index in [0.717, 1.165) is 0 Å². The first-order chi connectivity index (χ1) is 6.46. The zero-order valence-electron chi connectivity index (χ0n) is 7.50. The van der Waals surface area contributed by atoms with Crippen molar-refractivity contribution >= 4 is 11.9 Å². The fourth-order valence-electron chi connectivity index (χ4n) is 1.42. The Kier molecular flexibility index (Phi) is 2.73. The van der Waals surface area contributed by atoms with Crippen LogP contribution < -0.4 is 0 Å². The minimum atomic E-state index is -2.80. The molecule has 0 aromatic carbocycles. The molecule has 6 heteroatoms. The molecule has 0 aromatic rings. The maximum absolute atomic E-state index is 12.2. The average molecular weight is 208 g/mol. The Morgan fingerprint density at radius 2 is 2.21 bits per heavy atom. The molecule has 0 aliphatic heterocycles. The molecule has 0 saturated heterocycles. The monoisotopic (exact) mass is 208 g/mol. The zero-order chi connectivity index (χ0) is 10.9. The van der Waals surface area contributed by atoms with Gasteiger partial charge in [-0.05, 0) is 13.3 Å². The summed E-state index contributed by atoms with van der Waals surface area (Å²) in [7, 11) is 0. The van der Waals surface area contributed by atoms with Gasteiger partial charge >= 0.3 is 11.9 Å². The van der Waals surface area contributed by atoms with Gasteiger partial charge < -0.3 is 9.84 Å². The second-order valence-electron chi connectivity index (χ2n) is 3.14. The molecule has 14 heavy (non-hydrogen) atoms. The Morgan fingerprint density at radius 1 is 1.64 bits per heavy atom. The van der Waals surface area contributed by atoms with Crippen molar-refractivity contribution in [1.82, 2.24) is 0 Å². The van der Waals surface area contributed by atoms with E-state index in [1.54, 1.807) is 0 Å². The Hall–Kier alpha value is -1.20. The standard InChI is InChI=1S/C8H10F2O4/c1-2-14-7(13)8(6(11)12)3-4(8)5(9)10/h4-5H,2-3H2,1H3,(H,11,12)/t4?,8-/m0/s1. The van der Waals surface area contributed by atoms with Crippen LogP contribution >= 0.6 is 0 Å². The van der Waals surface area contributed by atoms with E-state index in [2.05, 4.69) is 4.74 Å². The molecule has 0 heterocycles. The van der Waals surface area contributed by atoms with Gasteiger partial charge in [0.05, 0.1) is 6.61 Å². The summed E-state index contributed by atoms with van der Waals surface area (Å²) < 4.78 is 28.9. The number of alkyl halides is 2. The second kappa shape index (κ2) is 3.51. The van der Waals surface area contributed by atoms with E-state index in [1.165, 1.54) is 6.92 Å². The molecule has 1 N–H and O–H groups in total. The van der Waals surface area contributed by atoms with Crippen molar-refractivity contribution in [3.63, 3.8) is 0 Å². The summed E-state index contributed by atoms with van der Waals surface area (Å²) >= 11 is 0. The van der Waals surface area contributed by atoms with Crippen LogP contribution in [0.15, 0.2) is 0 Å². The number of aliphatic carboxylic acids is 1. The van der Waals surface area contributed by atoms with Crippen molar-refractivity contribution in [2.75, 3.05) is 6.61 Å². The van der Waals surface area contributed by atoms with Gasteiger partial charge in [-0.2, -0.15) is 0 Å². The van der Waals surface area contributed by atoms with E-state index >= 15 is 0 Å². The van der Waals surface area contributed by atoms with E-state index in [-0.39, 0.29) is 13.0 Å². The van der Waals surface area contributed by atoms with Gasteiger partial charge in [-0.25, -0.2) is 8.78 Å². The molecule has 1 saturated carbocycles. The van der Waals surface area contributed by atoms with Gasteiger partial charge in [0.15, 0.2) is 5.41 Å². The molecule has 0 spiro atoms. The number of carbonyl (C=O) groups is 2. The number of ether oxygens (including phenoxy) is 1. The van der Waals surface area contributed by atoms with Gasteiger partial charge in [-0.3, -0.25) is 9.59 Å². The van der Waals surface area contributed by atoms with Crippen LogP contribution in [-0.4, -0.2) is 30.1 Å². The van der Waals surface area contributed by atoms with Crippen LogP contribution in [-0.2, 0) is 14.3 Å². The first kappa shape index (κ1) is 10.9. The smallest absolute Gasteiger partial charge is 0.323 e. The van der Waals surface area contributed by atoms with Gasteiger partial charge in [-0.1, -0.05) is 0 Å². The summed E-state index contributed by atoms with van der Waals surface area (Å²) in [6, 6.07) is 0. The van der Waals surface area contributed by atoms with Gasteiger partial charge in [0.2, 0.25) is 6.43 Å². The molecule has 1 fully saturated rings. The van der Waals surface area contributed by atoms with E-state index < -0.39 is 29.7 Å². The van der Waals surface area contributed by atoms with E-state index in [9.17, 15) is 18.4 Å². The number of halogens is 2. The molecule has 4 nitrogen and oxygen atoms in total. The molecule has 80 valence electrons. The van der Waals surface area contributed by atoms with Crippen molar-refractivity contribution in [1.29, 1.82) is 0 Å². The predicted octanol–water partition coefficient (Wildman–Crippen LogP) is 0.905. The summed E-state index contributed by atoms with van der Waals surface area (Å²) in [5, 5.41) is 8.69. The summed E-state index contributed by atoms with van der Waals surface area (Å²) in [6.45, 7) is 1.48. The fraction of sp³-hybridized carbons (Fsp3) is 0.750. The molecule has 1 rings (SSSR count). The molecule has 2 atom stereocenters. The number of hydrogen-bond donors (Lipinski definition) is 1. The lowest BCUT2D eigenvalue weighted by atomic mass is 10.1. The Morgan fingerprint density at radius 3 is 2.50 bits per heavy atom. The quantitative estimate of drug-likeness (QED) is 0.550. The minimum Gasteiger partial charge on any atom is -0.480 e. The van der Waals surface area contributed by atoms with Crippen LogP contribution in [0, 0.1) is 11.3 Å². The average Bonchev–Trinajstić information content (AvgIpc) is 2.79. The SMILES string of the molecule is CCOC(=O)[C@@]1(C(=O)O)CC1C(F)F. The van der Waals surface area contributed by atoms with Gasteiger partial charge in [0.1, 0.15) is 0 Å². The molecular weight excluding hydrogens is 198 g/mol. The lowest BCUT2D eigenvalue weighted by Gasteiger charge is -2.10. The topological polar surface area (TPSA) is 63.6 Å². The highest BCUT2D eigenvalue weighted by atomic mass is 19.3. The van der Waals surface area contributed by atoms with Crippen LogP contribution in [0.3, 0.4) is 0 Å². The third kappa shape index (κ3) is 1.44. The van der Waals surface area contributed by atoms with Crippen molar-refractivity contribution in [2.24, 2.45) is 11.3 Å². The molecule has 0 radical (unpaired) electrons. The number of rotatable bonds is 4. The second-order valence-corrected chi connectivity index (χ2v) is 3.14. The number of esters is 1. The molecule has 1 aliphatic carbocycles. The number of carbonyl (C=O) groups excluding carboxylic acids is 1. The molecule has 1 unspecified atom stereocenters. The summed E-state index contributed by atoms with van der Waals surface area (Å²) in [4.78, 5) is 21.8. The maximum Gasteiger partial charge on any atom is 0.323 e. The van der Waals surface area contributed by atoms with Gasteiger partial charge in [0.25, 0.3) is 0 Å². The van der Waals surface area contributed by atoms with E-state index in [4.69, 9.17) is 5.11 Å². The molecule has 0 aromatic heterocycles. The molecular formula is C8H10F2O4. The fourth-order valence-corrected chi connectivity index (χ4v) is 1.42. The third-order valence-electron chi connectivity index (χ3n) is 2.34. The van der Waals surface area contributed by atoms with Crippen molar-refractivity contribution in [2.45, 2.75) is 19.8 Å². The Bertz CT molecular complexity index is 266. The normalized spacial score (nSPS) is 30.1. The van der Waals surface area contributed by atoms with Crippen molar-refractivity contribution in [3.05, 3.63) is 0 Å². The largest absolute Gasteiger partial charge is 0.480 e. The van der Waals surface area contributed by atoms with E-state index in [1.807, 2.05) is 0 Å². The van der Waals surface area contributed by atoms with Crippen molar-refractivity contribution < 1.29 is 28.2 Å². The van der Waals surface area contributed by atoms with Crippen LogP contribution in [0.2, 0.25) is 0 Å². The minimum absolute atomic E-state index is 0.0101. The highest BCUT2D eigenvalue weighted by Gasteiger charge is 2.71. The van der Waals surface area contributed by atoms with E-state index in [0.29, 0.717) is 0 Å². The van der Waals surface area contributed by atoms with Gasteiger partial charge in [0, 0.05) is 5.92 Å².